The van der Waals surface area contributed by atoms with Crippen LogP contribution in [0.5, 0.6) is 5.75 Å². The van der Waals surface area contributed by atoms with Crippen molar-refractivity contribution < 1.29 is 4.74 Å². The van der Waals surface area contributed by atoms with Crippen LogP contribution in [-0.4, -0.2) is 45.8 Å². The summed E-state index contributed by atoms with van der Waals surface area (Å²) in [6.07, 6.45) is 2.19. The number of methoxy groups -OCH3 is 1. The third kappa shape index (κ3) is 5.39. The Hall–Kier alpha value is -2.21. The van der Waals surface area contributed by atoms with E-state index in [2.05, 4.69) is 57.1 Å². The number of benzene rings is 1. The van der Waals surface area contributed by atoms with Gasteiger partial charge >= 0.3 is 0 Å². The Morgan fingerprint density at radius 1 is 1.33 bits per heavy atom. The van der Waals surface area contributed by atoms with Crippen LogP contribution in [0.2, 0.25) is 0 Å². The van der Waals surface area contributed by atoms with Crippen molar-refractivity contribution >= 4 is 23.0 Å². The van der Waals surface area contributed by atoms with E-state index in [1.807, 2.05) is 30.5 Å². The van der Waals surface area contributed by atoms with Crippen molar-refractivity contribution in [3.05, 3.63) is 46.7 Å². The number of hydrogen-bond donors (Lipinski definition) is 2. The molecule has 1 aliphatic rings. The first-order valence-corrected chi connectivity index (χ1v) is 10.4. The molecule has 146 valence electrons. The second-order valence-electron chi connectivity index (χ2n) is 7.09. The molecule has 0 spiro atoms. The summed E-state index contributed by atoms with van der Waals surface area (Å²) in [4.78, 5) is 8.22. The van der Waals surface area contributed by atoms with Crippen LogP contribution in [0, 0.1) is 5.92 Å². The Bertz CT molecular complexity index is 732. The third-order valence-electron chi connectivity index (χ3n) is 4.93. The summed E-state index contributed by atoms with van der Waals surface area (Å²) < 4.78 is 5.51. The van der Waals surface area contributed by atoms with Crippen LogP contribution in [0.25, 0.3) is 0 Å². The fraction of sp³-hybridized carbons (Fsp3) is 0.476. The van der Waals surface area contributed by atoms with E-state index in [0.29, 0.717) is 12.0 Å². The first kappa shape index (κ1) is 19.5. The molecular weight excluding hydrogens is 356 g/mol. The van der Waals surface area contributed by atoms with Crippen molar-refractivity contribution in [3.8, 4) is 5.75 Å². The summed E-state index contributed by atoms with van der Waals surface area (Å²) >= 11 is 1.83. The molecule has 3 rings (SSSR count). The molecule has 0 aliphatic carbocycles. The Labute approximate surface area is 166 Å². The van der Waals surface area contributed by atoms with Crippen molar-refractivity contribution in [3.63, 3.8) is 0 Å². The van der Waals surface area contributed by atoms with Gasteiger partial charge in [-0.2, -0.15) is 0 Å². The van der Waals surface area contributed by atoms with E-state index >= 15 is 0 Å². The zero-order chi connectivity index (χ0) is 19.1. The van der Waals surface area contributed by atoms with Gasteiger partial charge in [-0.15, -0.1) is 11.3 Å². The summed E-state index contributed by atoms with van der Waals surface area (Å²) in [5.74, 6) is 2.39. The number of rotatable bonds is 7. The third-order valence-corrected chi connectivity index (χ3v) is 5.82. The summed E-state index contributed by atoms with van der Waals surface area (Å²) in [5.41, 5.74) is 1.16. The van der Waals surface area contributed by atoms with Crippen molar-refractivity contribution in [2.45, 2.75) is 25.8 Å². The van der Waals surface area contributed by atoms with Gasteiger partial charge in [0.2, 0.25) is 0 Å². The summed E-state index contributed by atoms with van der Waals surface area (Å²) in [6.45, 7) is 5.16. The SMILES string of the molecule is CN=C(NCC(C)Cc1cccs1)NC1CCN(c2ccccc2OC)C1. The predicted molar refractivity (Wildman–Crippen MR) is 115 cm³/mol. The van der Waals surface area contributed by atoms with Gasteiger partial charge in [-0.05, 0) is 42.3 Å². The fourth-order valence-corrected chi connectivity index (χ4v) is 4.36. The van der Waals surface area contributed by atoms with E-state index in [4.69, 9.17) is 4.74 Å². The molecule has 5 nitrogen and oxygen atoms in total. The molecule has 2 heterocycles. The van der Waals surface area contributed by atoms with Crippen LogP contribution in [0.15, 0.2) is 46.8 Å². The van der Waals surface area contributed by atoms with E-state index in [9.17, 15) is 0 Å². The molecule has 2 N–H and O–H groups in total. The number of anilines is 1. The molecule has 1 aromatic carbocycles. The molecule has 1 fully saturated rings. The van der Waals surface area contributed by atoms with Crippen molar-refractivity contribution in [2.75, 3.05) is 38.7 Å². The minimum Gasteiger partial charge on any atom is -0.495 e. The highest BCUT2D eigenvalue weighted by Gasteiger charge is 2.25. The lowest BCUT2D eigenvalue weighted by molar-refractivity contribution is 0.415. The molecule has 1 aliphatic heterocycles. The molecule has 0 amide bonds. The lowest BCUT2D eigenvalue weighted by Crippen LogP contribution is -2.45. The number of nitrogens with zero attached hydrogens (tertiary/aromatic N) is 2. The van der Waals surface area contributed by atoms with Gasteiger partial charge in [0.05, 0.1) is 12.8 Å². The first-order chi connectivity index (χ1) is 13.2. The molecule has 2 unspecified atom stereocenters. The van der Waals surface area contributed by atoms with Crippen LogP contribution in [0.3, 0.4) is 0 Å². The highest BCUT2D eigenvalue weighted by molar-refractivity contribution is 7.09. The second-order valence-corrected chi connectivity index (χ2v) is 8.12. The van der Waals surface area contributed by atoms with E-state index in [1.165, 1.54) is 4.88 Å². The lowest BCUT2D eigenvalue weighted by atomic mass is 10.1. The number of hydrogen-bond acceptors (Lipinski definition) is 4. The minimum absolute atomic E-state index is 0.383. The molecule has 6 heteroatoms. The number of para-hydroxylation sites is 2. The van der Waals surface area contributed by atoms with E-state index in [1.54, 1.807) is 7.11 Å². The Balaban J connectivity index is 1.47. The lowest BCUT2D eigenvalue weighted by Gasteiger charge is -2.22. The predicted octanol–water partition coefficient (Wildman–Crippen LogP) is 3.38. The van der Waals surface area contributed by atoms with Crippen LogP contribution in [-0.2, 0) is 6.42 Å². The molecule has 0 radical (unpaired) electrons. The standard InChI is InChI=1S/C21H30N4OS/c1-16(13-18-7-6-12-27-18)14-23-21(22-2)24-17-10-11-25(15-17)19-8-4-5-9-20(19)26-3/h4-9,12,16-17H,10-11,13-15H2,1-3H3,(H2,22,23,24). The van der Waals surface area contributed by atoms with Gasteiger partial charge < -0.3 is 20.3 Å². The van der Waals surface area contributed by atoms with Crippen molar-refractivity contribution in [1.29, 1.82) is 0 Å². The number of ether oxygens (including phenoxy) is 1. The van der Waals surface area contributed by atoms with Crippen LogP contribution < -0.4 is 20.3 Å². The molecule has 1 aromatic heterocycles. The summed E-state index contributed by atoms with van der Waals surface area (Å²) in [7, 11) is 3.57. The van der Waals surface area contributed by atoms with Crippen molar-refractivity contribution in [2.24, 2.45) is 10.9 Å². The smallest absolute Gasteiger partial charge is 0.191 e. The van der Waals surface area contributed by atoms with E-state index < -0.39 is 0 Å². The summed E-state index contributed by atoms with van der Waals surface area (Å²) in [6, 6.07) is 12.9. The number of thiophene rings is 1. The normalized spacial score (nSPS) is 18.4. The molecule has 1 saturated heterocycles. The van der Waals surface area contributed by atoms with Crippen LogP contribution in [0.1, 0.15) is 18.2 Å². The molecule has 0 bridgehead atoms. The van der Waals surface area contributed by atoms with E-state index in [-0.39, 0.29) is 0 Å². The number of guanidine groups is 1. The monoisotopic (exact) mass is 386 g/mol. The number of nitrogens with one attached hydrogen (secondary N) is 2. The average molecular weight is 387 g/mol. The van der Waals surface area contributed by atoms with Gasteiger partial charge in [-0.3, -0.25) is 4.99 Å². The van der Waals surface area contributed by atoms with Gasteiger partial charge in [-0.1, -0.05) is 25.1 Å². The Kier molecular flexibility index (Phi) is 6.98. The zero-order valence-corrected chi connectivity index (χ0v) is 17.3. The average Bonchev–Trinajstić information content (AvgIpc) is 3.37. The van der Waals surface area contributed by atoms with Crippen molar-refractivity contribution in [1.82, 2.24) is 10.6 Å². The zero-order valence-electron chi connectivity index (χ0n) is 16.4. The van der Waals surface area contributed by atoms with Crippen LogP contribution >= 0.6 is 11.3 Å². The maximum absolute atomic E-state index is 5.51. The summed E-state index contributed by atoms with van der Waals surface area (Å²) in [5, 5.41) is 9.20. The molecule has 2 atom stereocenters. The maximum atomic E-state index is 5.51. The molecule has 0 saturated carbocycles. The second kappa shape index (κ2) is 9.65. The van der Waals surface area contributed by atoms with Gasteiger partial charge in [0, 0.05) is 37.6 Å². The highest BCUT2D eigenvalue weighted by atomic mass is 32.1. The molecule has 27 heavy (non-hydrogen) atoms. The van der Waals surface area contributed by atoms with Crippen LogP contribution in [0.4, 0.5) is 5.69 Å². The first-order valence-electron chi connectivity index (χ1n) is 9.57. The van der Waals surface area contributed by atoms with Gasteiger partial charge in [0.15, 0.2) is 5.96 Å². The highest BCUT2D eigenvalue weighted by Crippen LogP contribution is 2.30. The topological polar surface area (TPSA) is 48.9 Å². The Morgan fingerprint density at radius 2 is 2.19 bits per heavy atom. The van der Waals surface area contributed by atoms with Gasteiger partial charge in [-0.25, -0.2) is 0 Å². The fourth-order valence-electron chi connectivity index (χ4n) is 3.49. The van der Waals surface area contributed by atoms with Gasteiger partial charge in [0.1, 0.15) is 5.75 Å². The largest absolute Gasteiger partial charge is 0.495 e. The minimum atomic E-state index is 0.383. The molecular formula is C21H30N4OS. The van der Waals surface area contributed by atoms with E-state index in [0.717, 1.165) is 49.9 Å². The maximum Gasteiger partial charge on any atom is 0.191 e. The Morgan fingerprint density at radius 3 is 2.93 bits per heavy atom. The number of aliphatic imine (C=N–C) groups is 1. The molecule has 2 aromatic rings. The quantitative estimate of drug-likeness (QED) is 0.566. The van der Waals surface area contributed by atoms with Gasteiger partial charge in [0.25, 0.3) is 0 Å².